The van der Waals surface area contributed by atoms with Gasteiger partial charge in [-0.25, -0.2) is 9.37 Å². The number of rotatable bonds is 3. The van der Waals surface area contributed by atoms with Crippen molar-refractivity contribution in [2.75, 3.05) is 5.43 Å². The van der Waals surface area contributed by atoms with Crippen molar-refractivity contribution in [1.82, 2.24) is 4.98 Å². The van der Waals surface area contributed by atoms with E-state index in [1.165, 1.54) is 12.3 Å². The first kappa shape index (κ1) is 13.1. The molecular weight excluding hydrogens is 269 g/mol. The zero-order chi connectivity index (χ0) is 14.7. The average molecular weight is 281 g/mol. The summed E-state index contributed by atoms with van der Waals surface area (Å²) >= 11 is 0. The van der Waals surface area contributed by atoms with Crippen molar-refractivity contribution in [3.63, 3.8) is 0 Å². The van der Waals surface area contributed by atoms with Crippen LogP contribution in [0.5, 0.6) is 5.75 Å². The number of phenols is 1. The topological polar surface area (TPSA) is 57.5 Å². The Bertz CT molecular complexity index is 817. The maximum Gasteiger partial charge on any atom is 0.148 e. The van der Waals surface area contributed by atoms with E-state index < -0.39 is 0 Å². The lowest BCUT2D eigenvalue weighted by molar-refractivity contribution is 0.480. The molecule has 0 amide bonds. The summed E-state index contributed by atoms with van der Waals surface area (Å²) in [6.45, 7) is 0. The van der Waals surface area contributed by atoms with E-state index in [2.05, 4.69) is 15.5 Å². The van der Waals surface area contributed by atoms with Crippen LogP contribution in [0.4, 0.5) is 10.1 Å². The Morgan fingerprint density at radius 3 is 2.76 bits per heavy atom. The molecule has 104 valence electrons. The minimum Gasteiger partial charge on any atom is -0.506 e. The molecule has 0 bridgehead atoms. The van der Waals surface area contributed by atoms with Gasteiger partial charge in [-0.15, -0.1) is 0 Å². The Balaban J connectivity index is 1.83. The Labute approximate surface area is 120 Å². The maximum absolute atomic E-state index is 13.4. The van der Waals surface area contributed by atoms with Crippen molar-refractivity contribution < 1.29 is 9.50 Å². The van der Waals surface area contributed by atoms with Crippen molar-refractivity contribution in [2.45, 2.75) is 0 Å². The van der Waals surface area contributed by atoms with Crippen molar-refractivity contribution in [3.05, 3.63) is 66.1 Å². The van der Waals surface area contributed by atoms with Crippen LogP contribution >= 0.6 is 0 Å². The second-order valence-electron chi connectivity index (χ2n) is 4.43. The van der Waals surface area contributed by atoms with Gasteiger partial charge in [0.15, 0.2) is 0 Å². The molecule has 5 heteroatoms. The second kappa shape index (κ2) is 5.58. The lowest BCUT2D eigenvalue weighted by Crippen LogP contribution is -1.95. The highest BCUT2D eigenvalue weighted by molar-refractivity contribution is 5.88. The minimum atomic E-state index is -0.376. The molecule has 2 aromatic carbocycles. The molecule has 0 fully saturated rings. The highest BCUT2D eigenvalue weighted by atomic mass is 19.1. The first-order chi connectivity index (χ1) is 10.2. The van der Waals surface area contributed by atoms with E-state index in [9.17, 15) is 9.50 Å². The maximum atomic E-state index is 13.4. The molecule has 0 saturated carbocycles. The SMILES string of the molecule is Oc1cccc2ccc(/C=N/Nc3ccccc3F)nc12. The fourth-order valence-corrected chi connectivity index (χ4v) is 1.94. The van der Waals surface area contributed by atoms with Crippen LogP contribution < -0.4 is 5.43 Å². The number of fused-ring (bicyclic) bond motifs is 1. The molecule has 0 aliphatic heterocycles. The van der Waals surface area contributed by atoms with Crippen LogP contribution in [0.3, 0.4) is 0 Å². The summed E-state index contributed by atoms with van der Waals surface area (Å²) in [5.74, 6) is -0.261. The van der Waals surface area contributed by atoms with E-state index in [-0.39, 0.29) is 17.3 Å². The van der Waals surface area contributed by atoms with Gasteiger partial charge in [-0.3, -0.25) is 5.43 Å². The van der Waals surface area contributed by atoms with Gasteiger partial charge < -0.3 is 5.11 Å². The van der Waals surface area contributed by atoms with Crippen LogP contribution in [0, 0.1) is 5.82 Å². The second-order valence-corrected chi connectivity index (χ2v) is 4.43. The van der Waals surface area contributed by atoms with E-state index in [1.54, 1.807) is 36.4 Å². The van der Waals surface area contributed by atoms with Gasteiger partial charge in [0.05, 0.1) is 17.6 Å². The molecular formula is C16H12FN3O. The molecule has 21 heavy (non-hydrogen) atoms. The summed E-state index contributed by atoms with van der Waals surface area (Å²) in [5.41, 5.74) is 3.97. The molecule has 0 aliphatic carbocycles. The number of hydrazone groups is 1. The molecule has 0 atom stereocenters. The third-order valence-electron chi connectivity index (χ3n) is 2.98. The molecule has 3 aromatic rings. The highest BCUT2D eigenvalue weighted by Gasteiger charge is 2.01. The van der Waals surface area contributed by atoms with Gasteiger partial charge in [-0.05, 0) is 24.3 Å². The predicted octanol–water partition coefficient (Wildman–Crippen LogP) is 3.53. The van der Waals surface area contributed by atoms with Crippen molar-refractivity contribution in [2.24, 2.45) is 5.10 Å². The first-order valence-corrected chi connectivity index (χ1v) is 6.36. The van der Waals surface area contributed by atoms with Gasteiger partial charge in [-0.1, -0.05) is 30.3 Å². The normalized spacial score (nSPS) is 11.1. The number of halogens is 1. The Hall–Kier alpha value is -2.95. The number of aromatic hydroxyl groups is 1. The average Bonchev–Trinajstić information content (AvgIpc) is 2.50. The van der Waals surface area contributed by atoms with E-state index in [1.807, 2.05) is 12.1 Å². The summed E-state index contributed by atoms with van der Waals surface area (Å²) in [6.07, 6.45) is 1.47. The number of pyridine rings is 1. The quantitative estimate of drug-likeness (QED) is 0.570. The monoisotopic (exact) mass is 281 g/mol. The Kier molecular flexibility index (Phi) is 3.47. The summed E-state index contributed by atoms with van der Waals surface area (Å²) in [7, 11) is 0. The number of nitrogens with zero attached hydrogens (tertiary/aromatic N) is 2. The summed E-state index contributed by atoms with van der Waals surface area (Å²) in [5, 5.41) is 14.6. The standard InChI is InChI=1S/C16H12FN3O/c17-13-5-1-2-6-14(13)20-18-10-12-9-8-11-4-3-7-15(21)16(11)19-12/h1-10,20-21H/b18-10+. The third-order valence-corrected chi connectivity index (χ3v) is 2.98. The number of hydrogen-bond donors (Lipinski definition) is 2. The highest BCUT2D eigenvalue weighted by Crippen LogP contribution is 2.21. The minimum absolute atomic E-state index is 0.116. The van der Waals surface area contributed by atoms with Crippen LogP contribution in [0.2, 0.25) is 0 Å². The Morgan fingerprint density at radius 1 is 1.05 bits per heavy atom. The fourth-order valence-electron chi connectivity index (χ4n) is 1.94. The van der Waals surface area contributed by atoms with Gasteiger partial charge in [0.25, 0.3) is 0 Å². The molecule has 0 saturated heterocycles. The molecule has 1 heterocycles. The van der Waals surface area contributed by atoms with Crippen molar-refractivity contribution in [1.29, 1.82) is 0 Å². The molecule has 0 aliphatic rings. The van der Waals surface area contributed by atoms with Crippen LogP contribution in [0.25, 0.3) is 10.9 Å². The van der Waals surface area contributed by atoms with Crippen molar-refractivity contribution in [3.8, 4) is 5.75 Å². The van der Waals surface area contributed by atoms with Gasteiger partial charge in [-0.2, -0.15) is 5.10 Å². The van der Waals surface area contributed by atoms with Gasteiger partial charge in [0, 0.05) is 5.39 Å². The molecule has 0 spiro atoms. The van der Waals surface area contributed by atoms with E-state index in [4.69, 9.17) is 0 Å². The van der Waals surface area contributed by atoms with E-state index >= 15 is 0 Å². The molecule has 4 nitrogen and oxygen atoms in total. The number of benzene rings is 2. The number of nitrogens with one attached hydrogen (secondary N) is 1. The number of para-hydroxylation sites is 2. The zero-order valence-corrected chi connectivity index (χ0v) is 11.0. The smallest absolute Gasteiger partial charge is 0.148 e. The third kappa shape index (κ3) is 2.81. The number of anilines is 1. The van der Waals surface area contributed by atoms with Gasteiger partial charge in [0.1, 0.15) is 17.1 Å². The zero-order valence-electron chi connectivity index (χ0n) is 11.0. The predicted molar refractivity (Wildman–Crippen MR) is 81.0 cm³/mol. The lowest BCUT2D eigenvalue weighted by Gasteiger charge is -2.02. The van der Waals surface area contributed by atoms with E-state index in [0.29, 0.717) is 11.2 Å². The number of aromatic nitrogens is 1. The molecule has 0 unspecified atom stereocenters. The van der Waals surface area contributed by atoms with Crippen LogP contribution in [-0.4, -0.2) is 16.3 Å². The molecule has 2 N–H and O–H groups in total. The number of hydrogen-bond acceptors (Lipinski definition) is 4. The fraction of sp³-hybridized carbons (Fsp3) is 0. The van der Waals surface area contributed by atoms with Gasteiger partial charge in [0.2, 0.25) is 0 Å². The molecule has 3 rings (SSSR count). The summed E-state index contributed by atoms with van der Waals surface area (Å²) in [6, 6.07) is 15.1. The van der Waals surface area contributed by atoms with Crippen LogP contribution in [0.15, 0.2) is 59.7 Å². The summed E-state index contributed by atoms with van der Waals surface area (Å²) < 4.78 is 13.4. The lowest BCUT2D eigenvalue weighted by atomic mass is 10.2. The van der Waals surface area contributed by atoms with E-state index in [0.717, 1.165) is 5.39 Å². The summed E-state index contributed by atoms with van der Waals surface area (Å²) in [4.78, 5) is 4.30. The first-order valence-electron chi connectivity index (χ1n) is 6.36. The molecule has 0 radical (unpaired) electrons. The van der Waals surface area contributed by atoms with Crippen LogP contribution in [-0.2, 0) is 0 Å². The van der Waals surface area contributed by atoms with Crippen LogP contribution in [0.1, 0.15) is 5.69 Å². The van der Waals surface area contributed by atoms with Crippen molar-refractivity contribution >= 4 is 22.8 Å². The number of phenolic OH excluding ortho intramolecular Hbond substituents is 1. The molecule has 1 aromatic heterocycles. The Morgan fingerprint density at radius 2 is 1.90 bits per heavy atom. The largest absolute Gasteiger partial charge is 0.506 e. The van der Waals surface area contributed by atoms with Gasteiger partial charge >= 0.3 is 0 Å².